The quantitative estimate of drug-likeness (QED) is 0.816. The lowest BCUT2D eigenvalue weighted by molar-refractivity contribution is -0.161. The number of nitrogens with zero attached hydrogens (tertiary/aromatic N) is 3. The van der Waals surface area contributed by atoms with Crippen LogP contribution in [0.4, 0.5) is 0 Å². The summed E-state index contributed by atoms with van der Waals surface area (Å²) in [7, 11) is 1.44. The molecule has 3 heterocycles. The van der Waals surface area contributed by atoms with Crippen LogP contribution < -0.4 is 0 Å². The van der Waals surface area contributed by atoms with Gasteiger partial charge in [-0.1, -0.05) is 23.1 Å². The van der Waals surface area contributed by atoms with Crippen molar-refractivity contribution in [3.8, 4) is 0 Å². The molecule has 0 aliphatic carbocycles. The summed E-state index contributed by atoms with van der Waals surface area (Å²) in [5.41, 5.74) is 1.58. The lowest BCUT2D eigenvalue weighted by atomic mass is 10.1. The Morgan fingerprint density at radius 2 is 2.42 bits per heavy atom. The van der Waals surface area contributed by atoms with Gasteiger partial charge >= 0.3 is 5.97 Å². The van der Waals surface area contributed by atoms with E-state index < -0.39 is 12.1 Å². The molecule has 0 aromatic carbocycles. The molecule has 1 N–H and O–H groups in total. The molecule has 7 nitrogen and oxygen atoms in total. The molecule has 0 saturated carbocycles. The molecule has 1 aromatic heterocycles. The molecular formula is C9H7N3O4S3. The van der Waals surface area contributed by atoms with Gasteiger partial charge < -0.3 is 9.84 Å². The van der Waals surface area contributed by atoms with Gasteiger partial charge in [0.25, 0.3) is 5.91 Å². The van der Waals surface area contributed by atoms with E-state index in [1.807, 2.05) is 0 Å². The smallest absolute Gasteiger partial charge is 0.354 e. The van der Waals surface area contributed by atoms with Crippen LogP contribution in [0.3, 0.4) is 0 Å². The maximum atomic E-state index is 11.8. The fourth-order valence-corrected chi connectivity index (χ4v) is 5.27. The number of carboxylic acids is 1. The van der Waals surface area contributed by atoms with Crippen molar-refractivity contribution in [2.45, 2.75) is 15.8 Å². The Labute approximate surface area is 120 Å². The van der Waals surface area contributed by atoms with E-state index in [0.29, 0.717) is 8.58 Å². The number of aliphatic carboxylic acids is 1. The first-order chi connectivity index (χ1) is 9.13. The Balaban J connectivity index is 1.90. The summed E-state index contributed by atoms with van der Waals surface area (Å²) in [4.78, 5) is 24.4. The van der Waals surface area contributed by atoms with Crippen LogP contribution in [0.15, 0.2) is 19.8 Å². The number of carbonyl (C=O) groups is 2. The summed E-state index contributed by atoms with van der Waals surface area (Å²) < 4.78 is 6.25. The molecule has 19 heavy (non-hydrogen) atoms. The average Bonchev–Trinajstić information content (AvgIpc) is 2.96. The highest BCUT2D eigenvalue weighted by atomic mass is 32.2. The summed E-state index contributed by atoms with van der Waals surface area (Å²) in [6.45, 7) is 0. The van der Waals surface area contributed by atoms with E-state index in [-0.39, 0.29) is 17.0 Å². The predicted molar refractivity (Wildman–Crippen MR) is 69.4 cm³/mol. The van der Waals surface area contributed by atoms with Crippen LogP contribution in [0, 0.1) is 0 Å². The van der Waals surface area contributed by atoms with E-state index in [0.717, 1.165) is 0 Å². The second-order valence-corrected chi connectivity index (χ2v) is 7.10. The van der Waals surface area contributed by atoms with Crippen molar-refractivity contribution in [3.63, 3.8) is 0 Å². The number of thioether (sulfide) groups is 2. The molecule has 1 saturated heterocycles. The van der Waals surface area contributed by atoms with Gasteiger partial charge in [0.05, 0.1) is 4.24 Å². The van der Waals surface area contributed by atoms with Crippen LogP contribution in [-0.2, 0) is 14.3 Å². The van der Waals surface area contributed by atoms with Crippen LogP contribution in [-0.4, -0.2) is 50.7 Å². The van der Waals surface area contributed by atoms with E-state index in [1.165, 1.54) is 46.9 Å². The lowest BCUT2D eigenvalue weighted by Gasteiger charge is -2.40. The minimum absolute atomic E-state index is 0.00787. The van der Waals surface area contributed by atoms with Crippen molar-refractivity contribution in [2.75, 3.05) is 7.11 Å². The third kappa shape index (κ3) is 1.95. The molecule has 2 atom stereocenters. The Kier molecular flexibility index (Phi) is 3.25. The molecule has 0 bridgehead atoms. The number of rotatable bonds is 4. The SMILES string of the molecule is COC1C(=O)N2C(C(=O)O)=C(Sc3nncs3)S[C@@H]12. The fraction of sp³-hybridized carbons (Fsp3) is 0.333. The van der Waals surface area contributed by atoms with Crippen LogP contribution >= 0.6 is 34.9 Å². The summed E-state index contributed by atoms with van der Waals surface area (Å²) in [5, 5.41) is 16.5. The maximum absolute atomic E-state index is 11.8. The van der Waals surface area contributed by atoms with E-state index in [1.54, 1.807) is 5.51 Å². The monoisotopic (exact) mass is 317 g/mol. The zero-order valence-electron chi connectivity index (χ0n) is 9.47. The van der Waals surface area contributed by atoms with Gasteiger partial charge in [0.1, 0.15) is 10.9 Å². The largest absolute Gasteiger partial charge is 0.477 e. The molecule has 100 valence electrons. The van der Waals surface area contributed by atoms with Gasteiger partial charge in [-0.15, -0.1) is 10.2 Å². The van der Waals surface area contributed by atoms with E-state index in [4.69, 9.17) is 4.74 Å². The van der Waals surface area contributed by atoms with Crippen LogP contribution in [0.2, 0.25) is 0 Å². The summed E-state index contributed by atoms with van der Waals surface area (Å²) in [5.74, 6) is -1.44. The second-order valence-electron chi connectivity index (χ2n) is 3.62. The minimum atomic E-state index is -1.12. The number of methoxy groups -OCH3 is 1. The van der Waals surface area contributed by atoms with Crippen LogP contribution in [0.5, 0.6) is 0 Å². The zero-order valence-corrected chi connectivity index (χ0v) is 11.9. The number of aromatic nitrogens is 2. The fourth-order valence-electron chi connectivity index (χ4n) is 1.82. The molecule has 2 aliphatic heterocycles. The third-order valence-corrected chi connectivity index (χ3v) is 5.94. The van der Waals surface area contributed by atoms with Gasteiger partial charge in [0.15, 0.2) is 16.1 Å². The Morgan fingerprint density at radius 3 is 3.00 bits per heavy atom. The predicted octanol–water partition coefficient (Wildman–Crippen LogP) is 0.814. The molecular weight excluding hydrogens is 310 g/mol. The molecule has 1 unspecified atom stereocenters. The van der Waals surface area contributed by atoms with Crippen molar-refractivity contribution < 1.29 is 19.4 Å². The molecule has 10 heteroatoms. The highest BCUT2D eigenvalue weighted by molar-refractivity contribution is 8.23. The number of fused-ring (bicyclic) bond motifs is 1. The van der Waals surface area contributed by atoms with E-state index in [2.05, 4.69) is 10.2 Å². The maximum Gasteiger partial charge on any atom is 0.354 e. The van der Waals surface area contributed by atoms with Crippen molar-refractivity contribution >= 4 is 46.7 Å². The number of β-lactam (4-membered cyclic amide) rings is 1. The third-order valence-electron chi connectivity index (χ3n) is 2.63. The van der Waals surface area contributed by atoms with E-state index >= 15 is 0 Å². The summed E-state index contributed by atoms with van der Waals surface area (Å²) in [6.07, 6.45) is -0.577. The normalized spacial score (nSPS) is 25.5. The van der Waals surface area contributed by atoms with Gasteiger partial charge in [0, 0.05) is 7.11 Å². The van der Waals surface area contributed by atoms with Gasteiger partial charge in [-0.05, 0) is 11.8 Å². The van der Waals surface area contributed by atoms with Crippen molar-refractivity contribution in [2.24, 2.45) is 0 Å². The number of ether oxygens (including phenoxy) is 1. The Morgan fingerprint density at radius 1 is 1.63 bits per heavy atom. The van der Waals surface area contributed by atoms with Crippen molar-refractivity contribution in [1.29, 1.82) is 0 Å². The molecule has 0 spiro atoms. The van der Waals surface area contributed by atoms with Crippen molar-refractivity contribution in [1.82, 2.24) is 15.1 Å². The number of carbonyl (C=O) groups excluding carboxylic acids is 1. The molecule has 0 radical (unpaired) electrons. The summed E-state index contributed by atoms with van der Waals surface area (Å²) in [6, 6.07) is 0. The van der Waals surface area contributed by atoms with Gasteiger partial charge in [0.2, 0.25) is 0 Å². The first kappa shape index (κ1) is 12.9. The Hall–Kier alpha value is -1.10. The van der Waals surface area contributed by atoms with Gasteiger partial charge in [-0.2, -0.15) is 0 Å². The van der Waals surface area contributed by atoms with Gasteiger partial charge in [-0.25, -0.2) is 4.79 Å². The molecule has 1 amide bonds. The Bertz CT molecular complexity index is 573. The van der Waals surface area contributed by atoms with E-state index in [9.17, 15) is 14.7 Å². The van der Waals surface area contributed by atoms with Gasteiger partial charge in [-0.3, -0.25) is 9.69 Å². The second kappa shape index (κ2) is 4.78. The summed E-state index contributed by atoms with van der Waals surface area (Å²) >= 11 is 3.85. The number of hydrogen-bond donors (Lipinski definition) is 1. The molecule has 1 fully saturated rings. The first-order valence-corrected chi connectivity index (χ1v) is 7.65. The number of hydrogen-bond acceptors (Lipinski definition) is 8. The molecule has 2 aliphatic rings. The number of amides is 1. The van der Waals surface area contributed by atoms with Crippen LogP contribution in [0.25, 0.3) is 0 Å². The highest BCUT2D eigenvalue weighted by Gasteiger charge is 2.56. The van der Waals surface area contributed by atoms with Crippen molar-refractivity contribution in [3.05, 3.63) is 15.4 Å². The topological polar surface area (TPSA) is 92.6 Å². The average molecular weight is 317 g/mol. The zero-order chi connectivity index (χ0) is 13.6. The highest BCUT2D eigenvalue weighted by Crippen LogP contribution is 2.52. The standard InChI is InChI=1S/C9H7N3O4S3/c1-16-4-5(13)12-3(7(14)15)8(18-6(4)12)19-9-11-10-2-17-9/h2,4,6H,1H3,(H,14,15)/t4?,6-/m0/s1. The minimum Gasteiger partial charge on any atom is -0.477 e. The number of carboxylic acid groups (broad SMARTS) is 1. The first-order valence-electron chi connectivity index (χ1n) is 5.07. The molecule has 3 rings (SSSR count). The van der Waals surface area contributed by atoms with Crippen LogP contribution in [0.1, 0.15) is 0 Å². The molecule has 1 aromatic rings. The lowest BCUT2D eigenvalue weighted by Crippen LogP contribution is -2.61.